The van der Waals surface area contributed by atoms with E-state index in [0.717, 1.165) is 38.8 Å². The molecule has 9 heteroatoms. The van der Waals surface area contributed by atoms with Crippen LogP contribution in [0.5, 0.6) is 0 Å². The van der Waals surface area contributed by atoms with Crippen LogP contribution in [0.15, 0.2) is 4.90 Å². The average Bonchev–Trinajstić information content (AvgIpc) is 3.31. The van der Waals surface area contributed by atoms with Crippen molar-refractivity contribution in [2.45, 2.75) is 69.3 Å². The van der Waals surface area contributed by atoms with Crippen LogP contribution >= 0.6 is 0 Å². The molecule has 1 atom stereocenters. The molecule has 1 unspecified atom stereocenters. The van der Waals surface area contributed by atoms with Crippen molar-refractivity contribution in [2.24, 2.45) is 13.0 Å². The predicted molar refractivity (Wildman–Crippen MR) is 113 cm³/mol. The van der Waals surface area contributed by atoms with Gasteiger partial charge in [0.05, 0.1) is 17.0 Å². The van der Waals surface area contributed by atoms with Gasteiger partial charge in [0, 0.05) is 46.3 Å². The quantitative estimate of drug-likeness (QED) is 0.718. The van der Waals surface area contributed by atoms with Crippen LogP contribution < -0.4 is 0 Å². The van der Waals surface area contributed by atoms with Gasteiger partial charge in [-0.25, -0.2) is 8.42 Å². The van der Waals surface area contributed by atoms with E-state index in [1.54, 1.807) is 29.9 Å². The van der Waals surface area contributed by atoms with E-state index in [1.807, 2.05) is 4.90 Å². The molecule has 1 spiro atoms. The lowest BCUT2D eigenvalue weighted by Crippen LogP contribution is -2.51. The number of rotatable bonds is 4. The normalized spacial score (nSPS) is 25.2. The molecule has 3 saturated heterocycles. The van der Waals surface area contributed by atoms with Crippen molar-refractivity contribution in [3.8, 4) is 0 Å². The molecular weight excluding hydrogens is 404 g/mol. The lowest BCUT2D eigenvalue weighted by molar-refractivity contribution is -0.139. The summed E-state index contributed by atoms with van der Waals surface area (Å²) in [5, 5.41) is 4.28. The summed E-state index contributed by atoms with van der Waals surface area (Å²) in [4.78, 5) is 14.9. The van der Waals surface area contributed by atoms with Gasteiger partial charge in [-0.1, -0.05) is 0 Å². The Balaban J connectivity index is 1.40. The Morgan fingerprint density at radius 2 is 1.83 bits per heavy atom. The molecule has 0 N–H and O–H groups in total. The number of hydrogen-bond donors (Lipinski definition) is 0. The minimum Gasteiger partial charge on any atom is -0.375 e. The van der Waals surface area contributed by atoms with Gasteiger partial charge < -0.3 is 9.64 Å². The van der Waals surface area contributed by atoms with E-state index >= 15 is 0 Å². The second-order valence-corrected chi connectivity index (χ2v) is 11.1. The molecule has 3 aliphatic rings. The molecule has 0 bridgehead atoms. The Morgan fingerprint density at radius 3 is 2.43 bits per heavy atom. The van der Waals surface area contributed by atoms with Gasteiger partial charge in [0.15, 0.2) is 0 Å². The van der Waals surface area contributed by atoms with Crippen molar-refractivity contribution in [1.29, 1.82) is 0 Å². The van der Waals surface area contributed by atoms with Gasteiger partial charge in [0.25, 0.3) is 0 Å². The number of ether oxygens (including phenoxy) is 1. The lowest BCUT2D eigenvalue weighted by Gasteiger charge is -2.46. The van der Waals surface area contributed by atoms with Crippen molar-refractivity contribution in [1.82, 2.24) is 19.0 Å². The average molecular weight is 439 g/mol. The summed E-state index contributed by atoms with van der Waals surface area (Å²) >= 11 is 0. The van der Waals surface area contributed by atoms with Gasteiger partial charge in [-0.05, 0) is 58.3 Å². The first-order valence-corrected chi connectivity index (χ1v) is 12.6. The smallest absolute Gasteiger partial charge is 0.246 e. The Bertz CT molecular complexity index is 896. The number of carbonyl (C=O) groups excluding carboxylic acids is 1. The summed E-state index contributed by atoms with van der Waals surface area (Å²) in [7, 11) is -1.80. The van der Waals surface area contributed by atoms with Gasteiger partial charge in [-0.2, -0.15) is 9.40 Å². The van der Waals surface area contributed by atoms with E-state index in [2.05, 4.69) is 5.10 Å². The van der Waals surface area contributed by atoms with Crippen LogP contribution in [0, 0.1) is 19.8 Å². The summed E-state index contributed by atoms with van der Waals surface area (Å²) in [6.07, 6.45) is 5.95. The van der Waals surface area contributed by atoms with Crippen molar-refractivity contribution in [2.75, 3.05) is 32.8 Å². The summed E-state index contributed by atoms with van der Waals surface area (Å²) in [6, 6.07) is 0. The molecule has 30 heavy (non-hydrogen) atoms. The molecule has 1 aromatic heterocycles. The second-order valence-electron chi connectivity index (χ2n) is 9.21. The topological polar surface area (TPSA) is 84.7 Å². The molecule has 0 radical (unpaired) electrons. The van der Waals surface area contributed by atoms with E-state index in [1.165, 1.54) is 0 Å². The molecule has 8 nitrogen and oxygen atoms in total. The Hall–Kier alpha value is -1.45. The Labute approximate surface area is 179 Å². The number of nitrogens with zero attached hydrogens (tertiary/aromatic N) is 4. The third-order valence-corrected chi connectivity index (χ3v) is 9.34. The maximum atomic E-state index is 13.3. The number of likely N-dealkylation sites (tertiary alicyclic amines) is 1. The molecule has 0 aromatic carbocycles. The third kappa shape index (κ3) is 4.03. The maximum absolute atomic E-state index is 13.3. The molecule has 4 rings (SSSR count). The number of piperidine rings is 1. The zero-order chi connectivity index (χ0) is 21.5. The van der Waals surface area contributed by atoms with Crippen LogP contribution in [0.4, 0.5) is 0 Å². The minimum atomic E-state index is -3.57. The molecule has 0 saturated carbocycles. The molecule has 0 aliphatic carbocycles. The number of amides is 1. The molecule has 1 aromatic rings. The predicted octanol–water partition coefficient (Wildman–Crippen LogP) is 2.00. The Morgan fingerprint density at radius 1 is 1.17 bits per heavy atom. The highest BCUT2D eigenvalue weighted by Gasteiger charge is 2.44. The monoisotopic (exact) mass is 438 g/mol. The molecule has 4 heterocycles. The standard InChI is InChI=1S/C21H34N4O4S/c1-16-20(17(2)23(3)22-16)30(27,28)25-11-7-21(8-12-25)15-18(6-13-29-21)14-19(26)24-9-4-5-10-24/h18H,4-15H2,1-3H3. The maximum Gasteiger partial charge on any atom is 0.246 e. The van der Waals surface area contributed by atoms with Crippen molar-refractivity contribution < 1.29 is 17.9 Å². The highest BCUT2D eigenvalue weighted by atomic mass is 32.2. The van der Waals surface area contributed by atoms with E-state index in [9.17, 15) is 13.2 Å². The summed E-state index contributed by atoms with van der Waals surface area (Å²) < 4.78 is 35.9. The lowest BCUT2D eigenvalue weighted by atomic mass is 9.78. The van der Waals surface area contributed by atoms with Crippen LogP contribution in [-0.4, -0.2) is 71.7 Å². The first-order valence-electron chi connectivity index (χ1n) is 11.1. The van der Waals surface area contributed by atoms with E-state index in [-0.39, 0.29) is 11.5 Å². The highest BCUT2D eigenvalue weighted by Crippen LogP contribution is 2.40. The van der Waals surface area contributed by atoms with Gasteiger partial charge in [-0.3, -0.25) is 9.48 Å². The molecule has 1 amide bonds. The van der Waals surface area contributed by atoms with Gasteiger partial charge in [0.1, 0.15) is 4.90 Å². The zero-order valence-corrected chi connectivity index (χ0v) is 19.2. The number of sulfonamides is 1. The molecular formula is C21H34N4O4S. The van der Waals surface area contributed by atoms with E-state index < -0.39 is 10.0 Å². The molecule has 168 valence electrons. The molecule has 3 fully saturated rings. The number of carbonyl (C=O) groups is 1. The fourth-order valence-electron chi connectivity index (χ4n) is 5.39. The fraction of sp³-hybridized carbons (Fsp3) is 0.810. The van der Waals surface area contributed by atoms with Gasteiger partial charge in [-0.15, -0.1) is 0 Å². The van der Waals surface area contributed by atoms with Gasteiger partial charge >= 0.3 is 0 Å². The van der Waals surface area contributed by atoms with Crippen LogP contribution in [0.25, 0.3) is 0 Å². The van der Waals surface area contributed by atoms with Gasteiger partial charge in [0.2, 0.25) is 15.9 Å². The zero-order valence-electron chi connectivity index (χ0n) is 18.4. The first-order chi connectivity index (χ1) is 14.2. The summed E-state index contributed by atoms with van der Waals surface area (Å²) in [6.45, 7) is 6.89. The van der Waals surface area contributed by atoms with Crippen molar-refractivity contribution in [3.05, 3.63) is 11.4 Å². The number of aryl methyl sites for hydroxylation is 2. The van der Waals surface area contributed by atoms with E-state index in [0.29, 0.717) is 61.2 Å². The minimum absolute atomic E-state index is 0.275. The van der Waals surface area contributed by atoms with Crippen LogP contribution in [-0.2, 0) is 26.6 Å². The largest absolute Gasteiger partial charge is 0.375 e. The Kier molecular flexibility index (Phi) is 5.98. The van der Waals surface area contributed by atoms with E-state index in [4.69, 9.17) is 4.74 Å². The SMILES string of the molecule is Cc1nn(C)c(C)c1S(=O)(=O)N1CCC2(CC1)CC(CC(=O)N1CCCC1)CCO2. The second kappa shape index (κ2) is 8.24. The summed E-state index contributed by atoms with van der Waals surface area (Å²) in [5.41, 5.74) is 0.922. The van der Waals surface area contributed by atoms with Crippen LogP contribution in [0.3, 0.4) is 0 Å². The van der Waals surface area contributed by atoms with Crippen LogP contribution in [0.1, 0.15) is 56.3 Å². The fourth-order valence-corrected chi connectivity index (χ4v) is 7.23. The number of hydrogen-bond acceptors (Lipinski definition) is 5. The molecule has 3 aliphatic heterocycles. The third-order valence-electron chi connectivity index (χ3n) is 7.19. The van der Waals surface area contributed by atoms with Crippen molar-refractivity contribution >= 4 is 15.9 Å². The highest BCUT2D eigenvalue weighted by molar-refractivity contribution is 7.89. The van der Waals surface area contributed by atoms with Crippen LogP contribution in [0.2, 0.25) is 0 Å². The number of aromatic nitrogens is 2. The van der Waals surface area contributed by atoms with Crippen molar-refractivity contribution in [3.63, 3.8) is 0 Å². The first kappa shape index (κ1) is 21.8. The summed E-state index contributed by atoms with van der Waals surface area (Å²) in [5.74, 6) is 0.606.